The van der Waals surface area contributed by atoms with Crippen molar-refractivity contribution in [3.8, 4) is 0 Å². The van der Waals surface area contributed by atoms with Crippen LogP contribution in [0.1, 0.15) is 10.4 Å². The zero-order chi connectivity index (χ0) is 13.2. The highest BCUT2D eigenvalue weighted by Gasteiger charge is 2.09. The van der Waals surface area contributed by atoms with Gasteiger partial charge in [-0.3, -0.25) is 14.9 Å². The molecule has 0 atom stereocenters. The number of pyridine rings is 1. The highest BCUT2D eigenvalue weighted by molar-refractivity contribution is 9.10. The van der Waals surface area contributed by atoms with Crippen molar-refractivity contribution in [3.05, 3.63) is 52.9 Å². The van der Waals surface area contributed by atoms with Crippen molar-refractivity contribution in [1.82, 2.24) is 15.2 Å². The second kappa shape index (κ2) is 4.81. The number of nitrogens with one attached hydrogen (secondary N) is 2. The van der Waals surface area contributed by atoms with Gasteiger partial charge in [-0.25, -0.2) is 0 Å². The number of rotatable bonds is 2. The molecular weight excluding hydrogens is 308 g/mol. The second-order valence-corrected chi connectivity index (χ2v) is 4.84. The third kappa shape index (κ3) is 2.34. The number of hydrogen-bond acceptors (Lipinski definition) is 3. The van der Waals surface area contributed by atoms with Crippen LogP contribution in [0.3, 0.4) is 0 Å². The lowest BCUT2D eigenvalue weighted by Crippen LogP contribution is -2.12. The van der Waals surface area contributed by atoms with E-state index in [0.29, 0.717) is 11.3 Å². The summed E-state index contributed by atoms with van der Waals surface area (Å²) >= 11 is 3.34. The van der Waals surface area contributed by atoms with Gasteiger partial charge in [0.05, 0.1) is 21.9 Å². The molecule has 0 radical (unpaired) electrons. The highest BCUT2D eigenvalue weighted by Crippen LogP contribution is 2.21. The summed E-state index contributed by atoms with van der Waals surface area (Å²) in [6, 6.07) is 7.13. The molecule has 0 aliphatic carbocycles. The minimum atomic E-state index is -0.177. The Labute approximate surface area is 117 Å². The van der Waals surface area contributed by atoms with E-state index in [2.05, 4.69) is 36.4 Å². The molecule has 0 saturated heterocycles. The molecule has 94 valence electrons. The Kier molecular flexibility index (Phi) is 3.00. The SMILES string of the molecule is O=C(Nc1ccncc1Br)c1ccc2cn[nH]c2c1. The van der Waals surface area contributed by atoms with Gasteiger partial charge in [-0.2, -0.15) is 5.10 Å². The molecular formula is C13H9BrN4O. The normalized spacial score (nSPS) is 10.6. The molecule has 0 unspecified atom stereocenters. The van der Waals surface area contributed by atoms with Crippen LogP contribution in [-0.4, -0.2) is 21.1 Å². The summed E-state index contributed by atoms with van der Waals surface area (Å²) in [6.45, 7) is 0. The Morgan fingerprint density at radius 1 is 1.26 bits per heavy atom. The van der Waals surface area contributed by atoms with Gasteiger partial charge in [-0.05, 0) is 34.1 Å². The molecule has 2 heterocycles. The van der Waals surface area contributed by atoms with E-state index < -0.39 is 0 Å². The van der Waals surface area contributed by atoms with Crippen LogP contribution in [0.2, 0.25) is 0 Å². The standard InChI is InChI=1S/C13H9BrN4O/c14-10-7-15-4-3-11(10)17-13(19)8-1-2-9-6-16-18-12(9)5-8/h1-7H,(H,16,18)(H,15,17,19). The maximum atomic E-state index is 12.1. The lowest BCUT2D eigenvalue weighted by atomic mass is 10.1. The van der Waals surface area contributed by atoms with Crippen LogP contribution in [0.4, 0.5) is 5.69 Å². The molecule has 0 aliphatic rings. The first kappa shape index (κ1) is 11.9. The quantitative estimate of drug-likeness (QED) is 0.763. The van der Waals surface area contributed by atoms with Crippen molar-refractivity contribution in [2.45, 2.75) is 0 Å². The number of hydrogen-bond donors (Lipinski definition) is 2. The fraction of sp³-hybridized carbons (Fsp3) is 0. The summed E-state index contributed by atoms with van der Waals surface area (Å²) in [5.74, 6) is -0.177. The monoisotopic (exact) mass is 316 g/mol. The molecule has 3 rings (SSSR count). The number of aromatic nitrogens is 3. The largest absolute Gasteiger partial charge is 0.321 e. The van der Waals surface area contributed by atoms with Crippen LogP contribution in [0.25, 0.3) is 10.9 Å². The molecule has 1 aromatic carbocycles. The maximum Gasteiger partial charge on any atom is 0.255 e. The number of anilines is 1. The fourth-order valence-corrected chi connectivity index (χ4v) is 2.10. The Morgan fingerprint density at radius 2 is 2.16 bits per heavy atom. The summed E-state index contributed by atoms with van der Waals surface area (Å²) < 4.78 is 0.742. The van der Waals surface area contributed by atoms with Gasteiger partial charge in [0.15, 0.2) is 0 Å². The minimum Gasteiger partial charge on any atom is -0.321 e. The van der Waals surface area contributed by atoms with Crippen LogP contribution in [0, 0.1) is 0 Å². The molecule has 0 aliphatic heterocycles. The average Bonchev–Trinajstić information content (AvgIpc) is 2.88. The van der Waals surface area contributed by atoms with Crippen molar-refractivity contribution in [3.63, 3.8) is 0 Å². The number of nitrogens with zero attached hydrogens (tertiary/aromatic N) is 2. The van der Waals surface area contributed by atoms with E-state index in [9.17, 15) is 4.79 Å². The van der Waals surface area contributed by atoms with E-state index in [1.807, 2.05) is 6.07 Å². The Hall–Kier alpha value is -2.21. The smallest absolute Gasteiger partial charge is 0.255 e. The molecule has 0 spiro atoms. The third-order valence-electron chi connectivity index (χ3n) is 2.72. The van der Waals surface area contributed by atoms with E-state index >= 15 is 0 Å². The van der Waals surface area contributed by atoms with E-state index in [1.54, 1.807) is 36.8 Å². The van der Waals surface area contributed by atoms with Gasteiger partial charge in [0.1, 0.15) is 0 Å². The summed E-state index contributed by atoms with van der Waals surface area (Å²) in [5, 5.41) is 10.6. The number of aromatic amines is 1. The summed E-state index contributed by atoms with van der Waals surface area (Å²) in [5.41, 5.74) is 2.09. The van der Waals surface area contributed by atoms with Crippen molar-refractivity contribution >= 4 is 38.4 Å². The highest BCUT2D eigenvalue weighted by atomic mass is 79.9. The first-order valence-corrected chi connectivity index (χ1v) is 6.37. The van der Waals surface area contributed by atoms with E-state index in [1.165, 1.54) is 0 Å². The minimum absolute atomic E-state index is 0.177. The lowest BCUT2D eigenvalue weighted by Gasteiger charge is -2.06. The van der Waals surface area contributed by atoms with Gasteiger partial charge in [-0.15, -0.1) is 0 Å². The van der Waals surface area contributed by atoms with Gasteiger partial charge in [0.2, 0.25) is 0 Å². The predicted molar refractivity (Wildman–Crippen MR) is 76.0 cm³/mol. The van der Waals surface area contributed by atoms with Gasteiger partial charge in [0.25, 0.3) is 5.91 Å². The predicted octanol–water partition coefficient (Wildman–Crippen LogP) is 2.97. The number of fused-ring (bicyclic) bond motifs is 1. The van der Waals surface area contributed by atoms with Crippen LogP contribution in [0.5, 0.6) is 0 Å². The van der Waals surface area contributed by atoms with E-state index in [0.717, 1.165) is 15.4 Å². The van der Waals surface area contributed by atoms with Crippen LogP contribution < -0.4 is 5.32 Å². The summed E-state index contributed by atoms with van der Waals surface area (Å²) in [4.78, 5) is 16.1. The number of benzene rings is 1. The van der Waals surface area contributed by atoms with Crippen molar-refractivity contribution in [2.75, 3.05) is 5.32 Å². The van der Waals surface area contributed by atoms with E-state index in [4.69, 9.17) is 0 Å². The fourth-order valence-electron chi connectivity index (χ4n) is 1.75. The van der Waals surface area contributed by atoms with Gasteiger partial charge < -0.3 is 5.32 Å². The molecule has 1 amide bonds. The zero-order valence-corrected chi connectivity index (χ0v) is 11.3. The molecule has 3 aromatic rings. The molecule has 6 heteroatoms. The first-order valence-electron chi connectivity index (χ1n) is 5.58. The van der Waals surface area contributed by atoms with Crippen LogP contribution in [0.15, 0.2) is 47.3 Å². The third-order valence-corrected chi connectivity index (χ3v) is 3.36. The molecule has 0 fully saturated rings. The number of carbonyl (C=O) groups is 1. The number of carbonyl (C=O) groups excluding carboxylic acids is 1. The van der Waals surface area contributed by atoms with Gasteiger partial charge in [0, 0.05) is 23.3 Å². The van der Waals surface area contributed by atoms with Gasteiger partial charge in [-0.1, -0.05) is 6.07 Å². The average molecular weight is 317 g/mol. The number of H-pyrrole nitrogens is 1. The topological polar surface area (TPSA) is 70.7 Å². The molecule has 0 saturated carbocycles. The molecule has 5 nitrogen and oxygen atoms in total. The number of halogens is 1. The molecule has 2 N–H and O–H groups in total. The van der Waals surface area contributed by atoms with Crippen molar-refractivity contribution in [1.29, 1.82) is 0 Å². The Bertz CT molecular complexity index is 753. The second-order valence-electron chi connectivity index (χ2n) is 3.98. The molecule has 19 heavy (non-hydrogen) atoms. The van der Waals surface area contributed by atoms with Crippen molar-refractivity contribution < 1.29 is 4.79 Å². The Balaban J connectivity index is 1.89. The Morgan fingerprint density at radius 3 is 3.00 bits per heavy atom. The first-order chi connectivity index (χ1) is 9.24. The zero-order valence-electron chi connectivity index (χ0n) is 9.72. The lowest BCUT2D eigenvalue weighted by molar-refractivity contribution is 0.102. The number of amides is 1. The van der Waals surface area contributed by atoms with E-state index in [-0.39, 0.29) is 5.91 Å². The summed E-state index contributed by atoms with van der Waals surface area (Å²) in [7, 11) is 0. The molecule has 2 aromatic heterocycles. The molecule has 0 bridgehead atoms. The van der Waals surface area contributed by atoms with Gasteiger partial charge >= 0.3 is 0 Å². The van der Waals surface area contributed by atoms with Crippen LogP contribution in [-0.2, 0) is 0 Å². The van der Waals surface area contributed by atoms with Crippen LogP contribution >= 0.6 is 15.9 Å². The summed E-state index contributed by atoms with van der Waals surface area (Å²) in [6.07, 6.45) is 4.97. The van der Waals surface area contributed by atoms with Crippen molar-refractivity contribution in [2.24, 2.45) is 0 Å². The maximum absolute atomic E-state index is 12.1.